The third-order valence-corrected chi connectivity index (χ3v) is 3.21. The van der Waals surface area contributed by atoms with Gasteiger partial charge in [0.15, 0.2) is 0 Å². The van der Waals surface area contributed by atoms with E-state index >= 15 is 0 Å². The molecule has 1 aliphatic rings. The molecule has 0 aromatic carbocycles. The first-order chi connectivity index (χ1) is 6.86. The molecule has 1 N–H and O–H groups in total. The van der Waals surface area contributed by atoms with Crippen LogP contribution in [0.3, 0.4) is 0 Å². The Bertz CT molecular complexity index is 136. The van der Waals surface area contributed by atoms with Crippen LogP contribution in [0.4, 0.5) is 0 Å². The zero-order valence-electron chi connectivity index (χ0n) is 10.2. The van der Waals surface area contributed by atoms with Crippen LogP contribution >= 0.6 is 0 Å². The first-order valence-electron chi connectivity index (χ1n) is 6.32. The summed E-state index contributed by atoms with van der Waals surface area (Å²) in [6.45, 7) is 9.53. The number of hydrogen-bond acceptors (Lipinski definition) is 1. The van der Waals surface area contributed by atoms with E-state index in [9.17, 15) is 0 Å². The lowest BCUT2D eigenvalue weighted by molar-refractivity contribution is -0.896. The van der Waals surface area contributed by atoms with Gasteiger partial charge in [0.1, 0.15) is 0 Å². The van der Waals surface area contributed by atoms with Gasteiger partial charge in [-0.2, -0.15) is 0 Å². The Labute approximate surface area is 101 Å². The highest BCUT2D eigenvalue weighted by Gasteiger charge is 2.20. The number of nitrogens with one attached hydrogen (secondary N) is 1. The van der Waals surface area contributed by atoms with Crippen LogP contribution in [-0.2, 0) is 4.74 Å². The first-order valence-corrected chi connectivity index (χ1v) is 6.32. The van der Waals surface area contributed by atoms with E-state index in [0.29, 0.717) is 6.10 Å². The van der Waals surface area contributed by atoms with Crippen molar-refractivity contribution >= 4 is 0 Å². The van der Waals surface area contributed by atoms with Crippen LogP contribution in [0.25, 0.3) is 0 Å². The van der Waals surface area contributed by atoms with Crippen molar-refractivity contribution in [1.82, 2.24) is 0 Å². The number of rotatable bonds is 9. The Morgan fingerprint density at radius 3 is 2.20 bits per heavy atom. The van der Waals surface area contributed by atoms with Gasteiger partial charge >= 0.3 is 0 Å². The SMILES string of the molecule is CC[NH+](CC)CCCCCCC1CO1.[Cl-]. The summed E-state index contributed by atoms with van der Waals surface area (Å²) in [5, 5.41) is 0. The van der Waals surface area contributed by atoms with Crippen LogP contribution in [0.15, 0.2) is 0 Å². The number of epoxide rings is 1. The summed E-state index contributed by atoms with van der Waals surface area (Å²) in [4.78, 5) is 1.75. The highest BCUT2D eigenvalue weighted by molar-refractivity contribution is 4.68. The molecule has 1 saturated heterocycles. The van der Waals surface area contributed by atoms with Gasteiger partial charge in [0.2, 0.25) is 0 Å². The molecule has 92 valence electrons. The summed E-state index contributed by atoms with van der Waals surface area (Å²) in [5.41, 5.74) is 0. The molecule has 1 unspecified atom stereocenters. The average molecular weight is 236 g/mol. The van der Waals surface area contributed by atoms with Crippen LogP contribution in [0.1, 0.15) is 46.0 Å². The summed E-state index contributed by atoms with van der Waals surface area (Å²) in [6.07, 6.45) is 7.54. The monoisotopic (exact) mass is 235 g/mol. The van der Waals surface area contributed by atoms with Crippen molar-refractivity contribution in [3.8, 4) is 0 Å². The molecule has 1 aliphatic heterocycles. The number of halogens is 1. The molecule has 1 fully saturated rings. The molecule has 0 spiro atoms. The molecule has 1 rings (SSSR count). The van der Waals surface area contributed by atoms with Crippen molar-refractivity contribution in [3.05, 3.63) is 0 Å². The van der Waals surface area contributed by atoms with Gasteiger partial charge in [-0.1, -0.05) is 12.8 Å². The predicted molar refractivity (Wildman–Crippen MR) is 59.7 cm³/mol. The topological polar surface area (TPSA) is 17.0 Å². The lowest BCUT2D eigenvalue weighted by Gasteiger charge is -2.14. The minimum Gasteiger partial charge on any atom is -1.00 e. The molecule has 1 heterocycles. The maximum Gasteiger partial charge on any atom is 0.0810 e. The number of ether oxygens (including phenoxy) is 1. The van der Waals surface area contributed by atoms with Gasteiger partial charge in [0.25, 0.3) is 0 Å². The van der Waals surface area contributed by atoms with Crippen molar-refractivity contribution < 1.29 is 22.0 Å². The standard InChI is InChI=1S/C12H25NO.ClH/c1-3-13(4-2)10-8-6-5-7-9-12-11-14-12;/h12H,3-11H2,1-2H3;1H. The largest absolute Gasteiger partial charge is 1.00 e. The Balaban J connectivity index is 0.00000196. The molecular weight excluding hydrogens is 210 g/mol. The zero-order chi connectivity index (χ0) is 10.2. The van der Waals surface area contributed by atoms with Gasteiger partial charge in [0.05, 0.1) is 32.3 Å². The maximum absolute atomic E-state index is 5.18. The summed E-state index contributed by atoms with van der Waals surface area (Å²) in [5.74, 6) is 0. The molecule has 0 saturated carbocycles. The van der Waals surface area contributed by atoms with E-state index in [1.165, 1.54) is 51.7 Å². The normalized spacial score (nSPS) is 19.0. The second kappa shape index (κ2) is 9.44. The Kier molecular flexibility index (Phi) is 9.57. The molecule has 0 aromatic heterocycles. The van der Waals surface area contributed by atoms with Crippen LogP contribution in [0.2, 0.25) is 0 Å². The fourth-order valence-electron chi connectivity index (χ4n) is 1.94. The van der Waals surface area contributed by atoms with E-state index in [1.807, 2.05) is 0 Å². The highest BCUT2D eigenvalue weighted by Crippen LogP contribution is 2.17. The Hall–Kier alpha value is 0.210. The molecule has 0 aromatic rings. The van der Waals surface area contributed by atoms with E-state index in [2.05, 4.69) is 13.8 Å². The van der Waals surface area contributed by atoms with Crippen LogP contribution < -0.4 is 17.3 Å². The van der Waals surface area contributed by atoms with Crippen LogP contribution in [0, 0.1) is 0 Å². The molecular formula is C12H26ClNO. The number of quaternary nitrogens is 1. The third kappa shape index (κ3) is 8.06. The zero-order valence-corrected chi connectivity index (χ0v) is 11.0. The number of hydrogen-bond donors (Lipinski definition) is 1. The maximum atomic E-state index is 5.18. The lowest BCUT2D eigenvalue weighted by atomic mass is 10.1. The fraction of sp³-hybridized carbons (Fsp3) is 1.00. The van der Waals surface area contributed by atoms with E-state index in [4.69, 9.17) is 4.74 Å². The Morgan fingerprint density at radius 2 is 1.67 bits per heavy atom. The minimum atomic E-state index is 0. The summed E-state index contributed by atoms with van der Waals surface area (Å²) >= 11 is 0. The van der Waals surface area contributed by atoms with Crippen molar-refractivity contribution in [1.29, 1.82) is 0 Å². The van der Waals surface area contributed by atoms with Crippen LogP contribution in [0.5, 0.6) is 0 Å². The quantitative estimate of drug-likeness (QED) is 0.371. The molecule has 0 amide bonds. The summed E-state index contributed by atoms with van der Waals surface area (Å²) < 4.78 is 5.18. The number of unbranched alkanes of at least 4 members (excludes halogenated alkanes) is 3. The van der Waals surface area contributed by atoms with Gasteiger partial charge in [0, 0.05) is 0 Å². The van der Waals surface area contributed by atoms with E-state index in [1.54, 1.807) is 4.90 Å². The van der Waals surface area contributed by atoms with E-state index < -0.39 is 0 Å². The van der Waals surface area contributed by atoms with Crippen molar-refractivity contribution in [3.63, 3.8) is 0 Å². The second-order valence-corrected chi connectivity index (χ2v) is 4.37. The molecule has 2 nitrogen and oxygen atoms in total. The predicted octanol–water partition coefficient (Wildman–Crippen LogP) is -1.74. The van der Waals surface area contributed by atoms with Gasteiger partial charge in [-0.15, -0.1) is 0 Å². The first kappa shape index (κ1) is 15.2. The molecule has 15 heavy (non-hydrogen) atoms. The summed E-state index contributed by atoms with van der Waals surface area (Å²) in [7, 11) is 0. The lowest BCUT2D eigenvalue weighted by Crippen LogP contribution is -3.11. The third-order valence-electron chi connectivity index (χ3n) is 3.21. The molecule has 0 bridgehead atoms. The van der Waals surface area contributed by atoms with Crippen molar-refractivity contribution in [2.24, 2.45) is 0 Å². The minimum absolute atomic E-state index is 0. The van der Waals surface area contributed by atoms with Gasteiger partial charge in [-0.25, -0.2) is 0 Å². The average Bonchev–Trinajstić information content (AvgIpc) is 3.01. The summed E-state index contributed by atoms with van der Waals surface area (Å²) in [6, 6.07) is 0. The van der Waals surface area contributed by atoms with Gasteiger partial charge in [-0.05, 0) is 33.1 Å². The second-order valence-electron chi connectivity index (χ2n) is 4.37. The highest BCUT2D eigenvalue weighted by atomic mass is 35.5. The van der Waals surface area contributed by atoms with Crippen LogP contribution in [-0.4, -0.2) is 32.3 Å². The Morgan fingerprint density at radius 1 is 1.07 bits per heavy atom. The van der Waals surface area contributed by atoms with Gasteiger partial charge in [-0.3, -0.25) is 0 Å². The van der Waals surface area contributed by atoms with E-state index in [-0.39, 0.29) is 12.4 Å². The smallest absolute Gasteiger partial charge is 0.0810 e. The molecule has 0 aliphatic carbocycles. The molecule has 0 radical (unpaired) electrons. The fourth-order valence-corrected chi connectivity index (χ4v) is 1.94. The van der Waals surface area contributed by atoms with Gasteiger partial charge < -0.3 is 22.0 Å². The van der Waals surface area contributed by atoms with E-state index in [0.717, 1.165) is 6.61 Å². The molecule has 1 atom stereocenters. The van der Waals surface area contributed by atoms with Crippen molar-refractivity contribution in [2.45, 2.75) is 52.1 Å². The van der Waals surface area contributed by atoms with Crippen molar-refractivity contribution in [2.75, 3.05) is 26.2 Å². The molecule has 3 heteroatoms.